The van der Waals surface area contributed by atoms with Gasteiger partial charge < -0.3 is 19.9 Å². The summed E-state index contributed by atoms with van der Waals surface area (Å²) in [6.45, 7) is 7.66. The first-order chi connectivity index (χ1) is 12.4. The molecule has 0 saturated carbocycles. The molecule has 0 bridgehead atoms. The minimum absolute atomic E-state index is 0.0179. The van der Waals surface area contributed by atoms with Crippen LogP contribution in [0.15, 0.2) is 48.5 Å². The first kappa shape index (κ1) is 18.7. The van der Waals surface area contributed by atoms with Crippen LogP contribution in [0.3, 0.4) is 0 Å². The van der Waals surface area contributed by atoms with Crippen LogP contribution in [0.5, 0.6) is 11.5 Å². The number of hydrogen-bond donors (Lipinski definition) is 2. The van der Waals surface area contributed by atoms with E-state index in [9.17, 15) is 5.11 Å². The Labute approximate surface area is 156 Å². The lowest BCUT2D eigenvalue weighted by Crippen LogP contribution is -2.42. The maximum Gasteiger partial charge on any atom is 0.126 e. The first-order valence-electron chi connectivity index (χ1n) is 9.27. The number of ether oxygens (including phenoxy) is 2. The smallest absolute Gasteiger partial charge is 0.126 e. The van der Waals surface area contributed by atoms with Crippen LogP contribution in [0.25, 0.3) is 0 Å². The summed E-state index contributed by atoms with van der Waals surface area (Å²) in [4.78, 5) is 0. The van der Waals surface area contributed by atoms with Crippen LogP contribution >= 0.6 is 0 Å². The number of aliphatic hydroxyl groups excluding tert-OH is 1. The molecule has 2 N–H and O–H groups in total. The van der Waals surface area contributed by atoms with E-state index in [-0.39, 0.29) is 12.1 Å². The van der Waals surface area contributed by atoms with Gasteiger partial charge in [-0.25, -0.2) is 0 Å². The zero-order valence-electron chi connectivity index (χ0n) is 15.9. The van der Waals surface area contributed by atoms with Crippen molar-refractivity contribution in [1.29, 1.82) is 0 Å². The molecule has 1 heterocycles. The lowest BCUT2D eigenvalue weighted by Gasteiger charge is -2.26. The summed E-state index contributed by atoms with van der Waals surface area (Å²) < 4.78 is 11.7. The Kier molecular flexibility index (Phi) is 5.84. The van der Waals surface area contributed by atoms with Gasteiger partial charge in [-0.3, -0.25) is 0 Å². The van der Waals surface area contributed by atoms with E-state index < -0.39 is 6.10 Å². The van der Waals surface area contributed by atoms with Gasteiger partial charge in [0.2, 0.25) is 0 Å². The van der Waals surface area contributed by atoms with Crippen LogP contribution < -0.4 is 14.8 Å². The molecule has 4 heteroatoms. The van der Waals surface area contributed by atoms with Gasteiger partial charge in [-0.1, -0.05) is 36.4 Å². The quantitative estimate of drug-likeness (QED) is 0.832. The van der Waals surface area contributed by atoms with Gasteiger partial charge in [-0.05, 0) is 44.4 Å². The molecule has 1 aliphatic rings. The Balaban J connectivity index is 1.55. The molecule has 0 aliphatic carbocycles. The summed E-state index contributed by atoms with van der Waals surface area (Å²) in [7, 11) is 0. The molecule has 3 rings (SSSR count). The van der Waals surface area contributed by atoms with Gasteiger partial charge in [-0.2, -0.15) is 0 Å². The van der Waals surface area contributed by atoms with Crippen molar-refractivity contribution in [2.24, 2.45) is 0 Å². The molecule has 0 aromatic heterocycles. The molecular weight excluding hydrogens is 326 g/mol. The summed E-state index contributed by atoms with van der Waals surface area (Å²) >= 11 is 0. The van der Waals surface area contributed by atoms with Crippen LogP contribution in [0, 0.1) is 0 Å². The van der Waals surface area contributed by atoms with Crippen LogP contribution in [-0.4, -0.2) is 36.5 Å². The van der Waals surface area contributed by atoms with Crippen molar-refractivity contribution in [3.63, 3.8) is 0 Å². The van der Waals surface area contributed by atoms with Crippen molar-refractivity contribution >= 4 is 0 Å². The Bertz CT molecular complexity index is 709. The van der Waals surface area contributed by atoms with Crippen molar-refractivity contribution in [2.45, 2.75) is 44.8 Å². The van der Waals surface area contributed by atoms with Crippen molar-refractivity contribution < 1.29 is 14.6 Å². The van der Waals surface area contributed by atoms with Crippen LogP contribution in [0.1, 0.15) is 37.8 Å². The predicted molar refractivity (Wildman–Crippen MR) is 104 cm³/mol. The number of rotatable bonds is 6. The van der Waals surface area contributed by atoms with E-state index in [1.165, 1.54) is 11.1 Å². The van der Waals surface area contributed by atoms with E-state index in [2.05, 4.69) is 56.4 Å². The normalized spacial score (nSPS) is 17.9. The molecule has 26 heavy (non-hydrogen) atoms. The summed E-state index contributed by atoms with van der Waals surface area (Å²) in [6.07, 6.45) is 0.422. The van der Waals surface area contributed by atoms with Crippen molar-refractivity contribution in [2.75, 3.05) is 19.8 Å². The van der Waals surface area contributed by atoms with E-state index in [0.717, 1.165) is 17.9 Å². The third-order valence-corrected chi connectivity index (χ3v) is 4.53. The molecule has 2 aromatic carbocycles. The van der Waals surface area contributed by atoms with E-state index in [0.29, 0.717) is 19.1 Å². The first-order valence-corrected chi connectivity index (χ1v) is 9.27. The molecule has 1 aliphatic heterocycles. The minimum Gasteiger partial charge on any atom is -0.493 e. The molecule has 4 nitrogen and oxygen atoms in total. The molecule has 2 unspecified atom stereocenters. The number of fused-ring (bicyclic) bond motifs is 1. The van der Waals surface area contributed by atoms with Crippen LogP contribution in [-0.2, 0) is 6.42 Å². The predicted octanol–water partition coefficient (Wildman–Crippen LogP) is 3.53. The van der Waals surface area contributed by atoms with Crippen molar-refractivity contribution in [3.8, 4) is 11.5 Å². The van der Waals surface area contributed by atoms with Gasteiger partial charge in [0.1, 0.15) is 24.2 Å². The van der Waals surface area contributed by atoms with Crippen molar-refractivity contribution in [3.05, 3.63) is 59.7 Å². The number of benzene rings is 2. The maximum absolute atomic E-state index is 10.1. The van der Waals surface area contributed by atoms with Gasteiger partial charge in [0.25, 0.3) is 0 Å². The fraction of sp³-hybridized carbons (Fsp3) is 0.455. The average Bonchev–Trinajstić information content (AvgIpc) is 2.64. The highest BCUT2D eigenvalue weighted by Gasteiger charge is 2.22. The fourth-order valence-electron chi connectivity index (χ4n) is 3.06. The van der Waals surface area contributed by atoms with Gasteiger partial charge in [-0.15, -0.1) is 0 Å². The number of nitrogens with one attached hydrogen (secondary N) is 1. The molecule has 0 radical (unpaired) electrons. The summed E-state index contributed by atoms with van der Waals surface area (Å²) in [5.74, 6) is 2.01. The molecule has 0 spiro atoms. The Morgan fingerprint density at radius 2 is 1.96 bits per heavy atom. The van der Waals surface area contributed by atoms with Crippen LogP contribution in [0.4, 0.5) is 0 Å². The summed E-state index contributed by atoms with van der Waals surface area (Å²) in [5.41, 5.74) is 2.50. The topological polar surface area (TPSA) is 50.7 Å². The van der Waals surface area contributed by atoms with Gasteiger partial charge in [0, 0.05) is 24.1 Å². The zero-order chi connectivity index (χ0) is 18.6. The van der Waals surface area contributed by atoms with Gasteiger partial charge >= 0.3 is 0 Å². The Morgan fingerprint density at radius 1 is 1.19 bits per heavy atom. The van der Waals surface area contributed by atoms with Gasteiger partial charge in [0.05, 0.1) is 6.61 Å². The standard InChI is InChI=1S/C22H29NO3/c1-22(2,3)23-13-19(24)15-25-20-10-9-17-11-18(14-26-21(17)12-20)16-7-5-4-6-8-16/h4-10,12,18-19,23-24H,11,13-15H2,1-3H3. The van der Waals surface area contributed by atoms with E-state index in [1.807, 2.05) is 18.2 Å². The lowest BCUT2D eigenvalue weighted by molar-refractivity contribution is 0.0998. The maximum atomic E-state index is 10.1. The lowest BCUT2D eigenvalue weighted by atomic mass is 9.90. The van der Waals surface area contributed by atoms with E-state index in [4.69, 9.17) is 9.47 Å². The fourth-order valence-corrected chi connectivity index (χ4v) is 3.06. The van der Waals surface area contributed by atoms with Crippen molar-refractivity contribution in [1.82, 2.24) is 5.32 Å². The second-order valence-electron chi connectivity index (χ2n) is 7.99. The molecular formula is C22H29NO3. The van der Waals surface area contributed by atoms with Crippen LogP contribution in [0.2, 0.25) is 0 Å². The number of hydrogen-bond acceptors (Lipinski definition) is 4. The highest BCUT2D eigenvalue weighted by Crippen LogP contribution is 2.34. The largest absolute Gasteiger partial charge is 0.493 e. The molecule has 0 amide bonds. The van der Waals surface area contributed by atoms with E-state index in [1.54, 1.807) is 0 Å². The number of aliphatic hydroxyl groups is 1. The van der Waals surface area contributed by atoms with Gasteiger partial charge in [0.15, 0.2) is 0 Å². The molecule has 140 valence electrons. The molecule has 2 atom stereocenters. The average molecular weight is 355 g/mol. The number of β-amino-alcohol motifs (C(OH)–C–C–N with tert-alkyl or cyclic N) is 1. The second kappa shape index (κ2) is 8.11. The summed E-state index contributed by atoms with van der Waals surface area (Å²) in [5, 5.41) is 13.3. The third kappa shape index (κ3) is 5.23. The minimum atomic E-state index is -0.548. The Hall–Kier alpha value is -2.04. The van der Waals surface area contributed by atoms with E-state index >= 15 is 0 Å². The zero-order valence-corrected chi connectivity index (χ0v) is 15.9. The summed E-state index contributed by atoms with van der Waals surface area (Å²) in [6, 6.07) is 16.5. The molecule has 0 saturated heterocycles. The highest BCUT2D eigenvalue weighted by molar-refractivity contribution is 5.43. The second-order valence-corrected chi connectivity index (χ2v) is 7.99. The molecule has 2 aromatic rings. The monoisotopic (exact) mass is 355 g/mol. The SMILES string of the molecule is CC(C)(C)NCC(O)COc1ccc2c(c1)OCC(c1ccccc1)C2. The third-order valence-electron chi connectivity index (χ3n) is 4.53. The Morgan fingerprint density at radius 3 is 2.69 bits per heavy atom. The highest BCUT2D eigenvalue weighted by atomic mass is 16.5. The molecule has 0 fully saturated rings.